The molecule has 1 aliphatic rings. The van der Waals surface area contributed by atoms with Crippen LogP contribution in [0.5, 0.6) is 11.5 Å². The summed E-state index contributed by atoms with van der Waals surface area (Å²) in [6, 6.07) is 12.5. The zero-order valence-corrected chi connectivity index (χ0v) is 15.1. The lowest BCUT2D eigenvalue weighted by Crippen LogP contribution is -2.40. The van der Waals surface area contributed by atoms with Crippen molar-refractivity contribution in [2.75, 3.05) is 19.8 Å². The molecular formula is C21H26FNO3. The fourth-order valence-corrected chi connectivity index (χ4v) is 3.51. The maximum atomic E-state index is 13.1. The molecule has 2 aromatic carbocycles. The smallest absolute Gasteiger partial charge is 0.123 e. The number of hydrogen-bond acceptors (Lipinski definition) is 4. The van der Waals surface area contributed by atoms with E-state index in [2.05, 4.69) is 12.1 Å². The summed E-state index contributed by atoms with van der Waals surface area (Å²) < 4.78 is 24.4. The molecule has 0 radical (unpaired) electrons. The summed E-state index contributed by atoms with van der Waals surface area (Å²) >= 11 is 0. The molecule has 0 saturated heterocycles. The molecule has 3 N–H and O–H groups in total. The summed E-state index contributed by atoms with van der Waals surface area (Å²) in [5.41, 5.74) is 7.72. The minimum atomic E-state index is -0.435. The lowest BCUT2D eigenvalue weighted by Gasteiger charge is -2.21. The molecule has 2 aromatic rings. The summed E-state index contributed by atoms with van der Waals surface area (Å²) in [5.74, 6) is 1.58. The van der Waals surface area contributed by atoms with Crippen molar-refractivity contribution in [1.29, 1.82) is 0 Å². The zero-order chi connectivity index (χ0) is 18.6. The van der Waals surface area contributed by atoms with Gasteiger partial charge in [0, 0.05) is 5.54 Å². The first-order valence-electron chi connectivity index (χ1n) is 9.00. The molecule has 0 spiro atoms. The molecular weight excluding hydrogens is 333 g/mol. The minimum absolute atomic E-state index is 0.0399. The summed E-state index contributed by atoms with van der Waals surface area (Å²) in [6.07, 6.45) is 2.67. The summed E-state index contributed by atoms with van der Waals surface area (Å²) in [6.45, 7) is 2.66. The van der Waals surface area contributed by atoms with E-state index in [-0.39, 0.29) is 12.4 Å². The van der Waals surface area contributed by atoms with Gasteiger partial charge in [-0.05, 0) is 73.6 Å². The first-order chi connectivity index (χ1) is 12.5. The van der Waals surface area contributed by atoms with Crippen LogP contribution in [0.3, 0.4) is 0 Å². The Kier molecular flexibility index (Phi) is 5.79. The van der Waals surface area contributed by atoms with Crippen LogP contribution in [-0.4, -0.2) is 30.5 Å². The molecule has 140 valence electrons. The van der Waals surface area contributed by atoms with Crippen LogP contribution < -0.4 is 15.2 Å². The van der Waals surface area contributed by atoms with Gasteiger partial charge in [0.05, 0.1) is 6.61 Å². The second-order valence-electron chi connectivity index (χ2n) is 7.14. The van der Waals surface area contributed by atoms with E-state index in [0.717, 1.165) is 30.6 Å². The highest BCUT2D eigenvalue weighted by Gasteiger charge is 2.35. The number of nitrogens with two attached hydrogens (primary N) is 1. The van der Waals surface area contributed by atoms with E-state index in [1.165, 1.54) is 17.7 Å². The predicted molar refractivity (Wildman–Crippen MR) is 99.2 cm³/mol. The fraction of sp³-hybridized carbons (Fsp3) is 0.429. The van der Waals surface area contributed by atoms with Gasteiger partial charge in [-0.25, -0.2) is 4.39 Å². The molecule has 0 heterocycles. The SMILES string of the molecule is Cc1cc(F)ccc1OCCOc1ccc([C@@H]2CC[C@](N)(CO)C2)cc1. The lowest BCUT2D eigenvalue weighted by atomic mass is 9.94. The number of halogens is 1. The van der Waals surface area contributed by atoms with E-state index in [1.54, 1.807) is 6.07 Å². The normalized spacial score (nSPS) is 22.4. The quantitative estimate of drug-likeness (QED) is 0.742. The molecule has 0 amide bonds. The Hall–Kier alpha value is -2.11. The predicted octanol–water partition coefficient (Wildman–Crippen LogP) is 3.55. The van der Waals surface area contributed by atoms with Crippen molar-refractivity contribution in [3.8, 4) is 11.5 Å². The monoisotopic (exact) mass is 359 g/mol. The standard InChI is InChI=1S/C21H26FNO3/c1-15-12-18(22)4-7-20(15)26-11-10-25-19-5-2-16(3-6-19)17-8-9-21(23,13-17)14-24/h2-7,12,17,24H,8-11,13-14,23H2,1H3/t17-,21-/m1/s1. The number of aliphatic hydroxyl groups excluding tert-OH is 1. The molecule has 1 aliphatic carbocycles. The molecule has 26 heavy (non-hydrogen) atoms. The van der Waals surface area contributed by atoms with Gasteiger partial charge in [0.15, 0.2) is 0 Å². The summed E-state index contributed by atoms with van der Waals surface area (Å²) in [5, 5.41) is 9.39. The first kappa shape index (κ1) is 18.7. The maximum absolute atomic E-state index is 13.1. The van der Waals surface area contributed by atoms with Crippen molar-refractivity contribution in [3.05, 3.63) is 59.4 Å². The molecule has 1 saturated carbocycles. The topological polar surface area (TPSA) is 64.7 Å². The second-order valence-corrected chi connectivity index (χ2v) is 7.14. The number of ether oxygens (including phenoxy) is 2. The van der Waals surface area contributed by atoms with E-state index in [9.17, 15) is 9.50 Å². The molecule has 0 unspecified atom stereocenters. The lowest BCUT2D eigenvalue weighted by molar-refractivity contribution is 0.198. The molecule has 4 nitrogen and oxygen atoms in total. The van der Waals surface area contributed by atoms with Gasteiger partial charge >= 0.3 is 0 Å². The van der Waals surface area contributed by atoms with Crippen molar-refractivity contribution < 1.29 is 19.0 Å². The Morgan fingerprint density at radius 3 is 2.54 bits per heavy atom. The van der Waals surface area contributed by atoms with Gasteiger partial charge in [0.25, 0.3) is 0 Å². The van der Waals surface area contributed by atoms with E-state index in [1.807, 2.05) is 19.1 Å². The van der Waals surface area contributed by atoms with Crippen LogP contribution in [0.15, 0.2) is 42.5 Å². The van der Waals surface area contributed by atoms with E-state index in [0.29, 0.717) is 24.9 Å². The van der Waals surface area contributed by atoms with Crippen LogP contribution in [0.4, 0.5) is 4.39 Å². The van der Waals surface area contributed by atoms with Crippen LogP contribution >= 0.6 is 0 Å². The number of hydrogen-bond donors (Lipinski definition) is 2. The average molecular weight is 359 g/mol. The molecule has 2 atom stereocenters. The van der Waals surface area contributed by atoms with Crippen molar-refractivity contribution >= 4 is 0 Å². The number of rotatable bonds is 7. The number of benzene rings is 2. The second kappa shape index (κ2) is 8.06. The van der Waals surface area contributed by atoms with Gasteiger partial charge in [-0.15, -0.1) is 0 Å². The highest BCUT2D eigenvalue weighted by molar-refractivity contribution is 5.33. The van der Waals surface area contributed by atoms with E-state index < -0.39 is 5.54 Å². The van der Waals surface area contributed by atoms with E-state index in [4.69, 9.17) is 15.2 Å². The third-order valence-corrected chi connectivity index (χ3v) is 5.06. The van der Waals surface area contributed by atoms with Gasteiger partial charge in [0.2, 0.25) is 0 Å². The highest BCUT2D eigenvalue weighted by atomic mass is 19.1. The van der Waals surface area contributed by atoms with Gasteiger partial charge in [-0.3, -0.25) is 0 Å². The molecule has 0 bridgehead atoms. The van der Waals surface area contributed by atoms with Crippen LogP contribution in [-0.2, 0) is 0 Å². The third-order valence-electron chi connectivity index (χ3n) is 5.06. The Morgan fingerprint density at radius 1 is 1.15 bits per heavy atom. The Morgan fingerprint density at radius 2 is 1.88 bits per heavy atom. The molecule has 3 rings (SSSR count). The Bertz CT molecular complexity index is 735. The maximum Gasteiger partial charge on any atom is 0.123 e. The van der Waals surface area contributed by atoms with Crippen LogP contribution in [0.25, 0.3) is 0 Å². The summed E-state index contributed by atoms with van der Waals surface area (Å²) in [7, 11) is 0. The van der Waals surface area contributed by atoms with Gasteiger partial charge in [-0.1, -0.05) is 12.1 Å². The van der Waals surface area contributed by atoms with Gasteiger partial charge < -0.3 is 20.3 Å². The Balaban J connectivity index is 1.46. The zero-order valence-electron chi connectivity index (χ0n) is 15.1. The van der Waals surface area contributed by atoms with Crippen LogP contribution in [0, 0.1) is 12.7 Å². The molecule has 1 fully saturated rings. The van der Waals surface area contributed by atoms with Crippen molar-refractivity contribution in [1.82, 2.24) is 0 Å². The number of aliphatic hydroxyl groups is 1. The van der Waals surface area contributed by atoms with Gasteiger partial charge in [-0.2, -0.15) is 0 Å². The largest absolute Gasteiger partial charge is 0.490 e. The van der Waals surface area contributed by atoms with Crippen LogP contribution in [0.2, 0.25) is 0 Å². The van der Waals surface area contributed by atoms with Crippen molar-refractivity contribution in [2.24, 2.45) is 5.73 Å². The molecule has 0 aromatic heterocycles. The van der Waals surface area contributed by atoms with Crippen molar-refractivity contribution in [2.45, 2.75) is 37.6 Å². The molecule has 5 heteroatoms. The Labute approximate surface area is 153 Å². The van der Waals surface area contributed by atoms with Crippen molar-refractivity contribution in [3.63, 3.8) is 0 Å². The third kappa shape index (κ3) is 4.54. The minimum Gasteiger partial charge on any atom is -0.490 e. The average Bonchev–Trinajstić information content (AvgIpc) is 3.04. The van der Waals surface area contributed by atoms with E-state index >= 15 is 0 Å². The summed E-state index contributed by atoms with van der Waals surface area (Å²) in [4.78, 5) is 0. The highest BCUT2D eigenvalue weighted by Crippen LogP contribution is 2.39. The fourth-order valence-electron chi connectivity index (χ4n) is 3.51. The number of aryl methyl sites for hydroxylation is 1. The van der Waals surface area contributed by atoms with Gasteiger partial charge in [0.1, 0.15) is 30.5 Å². The van der Waals surface area contributed by atoms with Crippen LogP contribution in [0.1, 0.15) is 36.3 Å². The first-order valence-corrected chi connectivity index (χ1v) is 9.00. The molecule has 0 aliphatic heterocycles.